The molecule has 8 heteroatoms. The maximum atomic E-state index is 12.6. The monoisotopic (exact) mass is 365 g/mol. The van der Waals surface area contributed by atoms with E-state index in [0.29, 0.717) is 28.5 Å². The molecule has 1 aromatic carbocycles. The van der Waals surface area contributed by atoms with Gasteiger partial charge in [0, 0.05) is 12.6 Å². The van der Waals surface area contributed by atoms with Crippen LogP contribution in [0.4, 0.5) is 0 Å². The molecule has 0 radical (unpaired) electrons. The zero-order chi connectivity index (χ0) is 16.5. The lowest BCUT2D eigenvalue weighted by atomic mass is 9.96. The summed E-state index contributed by atoms with van der Waals surface area (Å²) in [5.41, 5.74) is 0.527. The van der Waals surface area contributed by atoms with Gasteiger partial charge in [-0.15, -0.1) is 0 Å². The Morgan fingerprint density at radius 2 is 2.00 bits per heavy atom. The summed E-state index contributed by atoms with van der Waals surface area (Å²) in [7, 11) is -3.61. The van der Waals surface area contributed by atoms with Crippen molar-refractivity contribution in [3.05, 3.63) is 33.8 Å². The van der Waals surface area contributed by atoms with E-state index in [1.165, 1.54) is 10.4 Å². The van der Waals surface area contributed by atoms with Crippen molar-refractivity contribution in [2.24, 2.45) is 5.92 Å². The summed E-state index contributed by atoms with van der Waals surface area (Å²) in [6.45, 7) is 1.81. The topological polar surface area (TPSA) is 74.7 Å². The number of nitrogens with zero attached hydrogens (tertiary/aromatic N) is 1. The van der Waals surface area contributed by atoms with Crippen LogP contribution in [0.25, 0.3) is 0 Å². The van der Waals surface area contributed by atoms with Crippen molar-refractivity contribution in [3.63, 3.8) is 0 Å². The average molecular weight is 366 g/mol. The van der Waals surface area contributed by atoms with Crippen LogP contribution in [0, 0.1) is 5.92 Å². The number of hydrogen-bond donors (Lipinski definition) is 1. The van der Waals surface area contributed by atoms with Gasteiger partial charge in [0.1, 0.15) is 0 Å². The van der Waals surface area contributed by atoms with Gasteiger partial charge in [0.15, 0.2) is 0 Å². The third-order valence-corrected chi connectivity index (χ3v) is 6.53. The summed E-state index contributed by atoms with van der Waals surface area (Å²) in [6, 6.07) is 4.47. The lowest BCUT2D eigenvalue weighted by molar-refractivity contribution is -0.143. The quantitative estimate of drug-likeness (QED) is 0.889. The third-order valence-electron chi connectivity index (χ3n) is 3.86. The number of carbonyl (C=O) groups is 1. The summed E-state index contributed by atoms with van der Waals surface area (Å²) in [5, 5.41) is 9.77. The van der Waals surface area contributed by atoms with Crippen LogP contribution < -0.4 is 0 Å². The van der Waals surface area contributed by atoms with Crippen molar-refractivity contribution >= 4 is 39.2 Å². The molecule has 1 N–H and O–H groups in total. The Morgan fingerprint density at radius 3 is 2.59 bits per heavy atom. The SMILES string of the molecule is CC1CCC(C(=O)O)CN1S(=O)(=O)Cc1ccc(Cl)c(Cl)c1. The molecule has 0 saturated carbocycles. The number of sulfonamides is 1. The second-order valence-corrected chi connectivity index (χ2v) is 8.27. The van der Waals surface area contributed by atoms with Gasteiger partial charge in [-0.2, -0.15) is 4.31 Å². The van der Waals surface area contributed by atoms with Crippen LogP contribution in [0.5, 0.6) is 0 Å². The van der Waals surface area contributed by atoms with Crippen molar-refractivity contribution in [2.75, 3.05) is 6.54 Å². The number of benzene rings is 1. The molecule has 2 atom stereocenters. The van der Waals surface area contributed by atoms with Gasteiger partial charge >= 0.3 is 5.97 Å². The maximum Gasteiger partial charge on any atom is 0.307 e. The highest BCUT2D eigenvalue weighted by atomic mass is 35.5. The molecule has 122 valence electrons. The molecule has 0 aromatic heterocycles. The fraction of sp³-hybridized carbons (Fsp3) is 0.500. The smallest absolute Gasteiger partial charge is 0.307 e. The Bertz CT molecular complexity index is 677. The van der Waals surface area contributed by atoms with Gasteiger partial charge in [-0.1, -0.05) is 29.3 Å². The molecule has 1 heterocycles. The van der Waals surface area contributed by atoms with Crippen LogP contribution >= 0.6 is 23.2 Å². The van der Waals surface area contributed by atoms with Gasteiger partial charge in [0.25, 0.3) is 0 Å². The molecular formula is C14H17Cl2NO4S. The van der Waals surface area contributed by atoms with Crippen molar-refractivity contribution in [2.45, 2.75) is 31.6 Å². The minimum absolute atomic E-state index is 0.0140. The summed E-state index contributed by atoms with van der Waals surface area (Å²) < 4.78 is 26.5. The fourth-order valence-corrected chi connectivity index (χ4v) is 4.74. The highest BCUT2D eigenvalue weighted by Gasteiger charge is 2.36. The Hall–Kier alpha value is -0.820. The first kappa shape index (κ1) is 17.5. The molecule has 2 rings (SSSR count). The number of carboxylic acid groups (broad SMARTS) is 1. The van der Waals surface area contributed by atoms with E-state index >= 15 is 0 Å². The molecular weight excluding hydrogens is 349 g/mol. The molecule has 1 aromatic rings. The van der Waals surface area contributed by atoms with Crippen molar-refractivity contribution < 1.29 is 18.3 Å². The van der Waals surface area contributed by atoms with Gasteiger partial charge in [-0.3, -0.25) is 4.79 Å². The first-order chi connectivity index (χ1) is 10.2. The predicted molar refractivity (Wildman–Crippen MR) is 85.6 cm³/mol. The summed E-state index contributed by atoms with van der Waals surface area (Å²) in [5.74, 6) is -1.83. The van der Waals surface area contributed by atoms with E-state index in [2.05, 4.69) is 0 Å². The van der Waals surface area contributed by atoms with Crippen LogP contribution in [0.1, 0.15) is 25.3 Å². The second kappa shape index (κ2) is 6.74. The molecule has 0 amide bonds. The lowest BCUT2D eigenvalue weighted by Crippen LogP contribution is -2.47. The first-order valence-corrected chi connectivity index (χ1v) is 9.23. The van der Waals surface area contributed by atoms with Crippen molar-refractivity contribution in [1.82, 2.24) is 4.31 Å². The number of carboxylic acids is 1. The fourth-order valence-electron chi connectivity index (χ4n) is 2.59. The molecule has 0 bridgehead atoms. The van der Waals surface area contributed by atoms with E-state index in [-0.39, 0.29) is 18.3 Å². The molecule has 1 aliphatic rings. The van der Waals surface area contributed by atoms with Gasteiger partial charge in [-0.25, -0.2) is 8.42 Å². The van der Waals surface area contributed by atoms with E-state index in [9.17, 15) is 13.2 Å². The molecule has 1 fully saturated rings. The predicted octanol–water partition coefficient (Wildman–Crippen LogP) is 3.01. The molecule has 5 nitrogen and oxygen atoms in total. The molecule has 0 spiro atoms. The largest absolute Gasteiger partial charge is 0.481 e. The van der Waals surface area contributed by atoms with Gasteiger partial charge in [0.2, 0.25) is 10.0 Å². The van der Waals surface area contributed by atoms with Gasteiger partial charge in [-0.05, 0) is 37.5 Å². The highest BCUT2D eigenvalue weighted by Crippen LogP contribution is 2.28. The van der Waals surface area contributed by atoms with Crippen LogP contribution in [0.3, 0.4) is 0 Å². The average Bonchev–Trinajstić information content (AvgIpc) is 2.42. The van der Waals surface area contributed by atoms with E-state index in [1.807, 2.05) is 0 Å². The normalized spacial score (nSPS) is 23.4. The Balaban J connectivity index is 2.20. The molecule has 0 aliphatic carbocycles. The number of halogens is 2. The van der Waals surface area contributed by atoms with Gasteiger partial charge in [0.05, 0.1) is 21.7 Å². The maximum absolute atomic E-state index is 12.6. The number of piperidine rings is 1. The highest BCUT2D eigenvalue weighted by molar-refractivity contribution is 7.88. The molecule has 1 saturated heterocycles. The third kappa shape index (κ3) is 3.93. The Morgan fingerprint density at radius 1 is 1.32 bits per heavy atom. The summed E-state index contributed by atoms with van der Waals surface area (Å²) in [6.07, 6.45) is 1.03. The summed E-state index contributed by atoms with van der Waals surface area (Å²) >= 11 is 11.7. The van der Waals surface area contributed by atoms with E-state index in [0.717, 1.165) is 0 Å². The van der Waals surface area contributed by atoms with E-state index < -0.39 is 21.9 Å². The van der Waals surface area contributed by atoms with E-state index in [4.69, 9.17) is 28.3 Å². The first-order valence-electron chi connectivity index (χ1n) is 6.87. The Labute approximate surface area is 139 Å². The lowest BCUT2D eigenvalue weighted by Gasteiger charge is -2.35. The molecule has 1 aliphatic heterocycles. The number of aliphatic carboxylic acids is 1. The Kier molecular flexibility index (Phi) is 5.37. The van der Waals surface area contributed by atoms with Crippen LogP contribution in [0.2, 0.25) is 10.0 Å². The standard InChI is InChI=1S/C14H17Cl2NO4S/c1-9-2-4-11(14(18)19)7-17(9)22(20,21)8-10-3-5-12(15)13(16)6-10/h3,5-6,9,11H,2,4,7-8H2,1H3,(H,18,19). The van der Waals surface area contributed by atoms with Crippen LogP contribution in [-0.2, 0) is 20.6 Å². The van der Waals surface area contributed by atoms with Crippen molar-refractivity contribution in [1.29, 1.82) is 0 Å². The zero-order valence-corrected chi connectivity index (χ0v) is 14.3. The zero-order valence-electron chi connectivity index (χ0n) is 12.0. The summed E-state index contributed by atoms with van der Waals surface area (Å²) in [4.78, 5) is 11.1. The van der Waals surface area contributed by atoms with Crippen molar-refractivity contribution in [3.8, 4) is 0 Å². The van der Waals surface area contributed by atoms with Crippen LogP contribution in [0.15, 0.2) is 18.2 Å². The minimum Gasteiger partial charge on any atom is -0.481 e. The van der Waals surface area contributed by atoms with Gasteiger partial charge < -0.3 is 5.11 Å². The number of hydrogen-bond acceptors (Lipinski definition) is 3. The number of rotatable bonds is 4. The molecule has 2 unspecified atom stereocenters. The molecule has 22 heavy (non-hydrogen) atoms. The second-order valence-electron chi connectivity index (χ2n) is 5.54. The van der Waals surface area contributed by atoms with E-state index in [1.54, 1.807) is 19.1 Å². The van der Waals surface area contributed by atoms with Crippen LogP contribution in [-0.4, -0.2) is 36.4 Å². The minimum atomic E-state index is -3.61.